The van der Waals surface area contributed by atoms with Crippen molar-refractivity contribution in [2.45, 2.75) is 85.0 Å². The van der Waals surface area contributed by atoms with Crippen molar-refractivity contribution in [3.05, 3.63) is 24.3 Å². The number of Topliss-reactive ketones (excluding diaryl/α,β-unsaturated/α-hetero) is 1. The molecule has 1 heteroatoms. The molecule has 0 aromatic heterocycles. The first-order valence-corrected chi connectivity index (χ1v) is 8.38. The van der Waals surface area contributed by atoms with Crippen LogP contribution in [0.3, 0.4) is 0 Å². The summed E-state index contributed by atoms with van der Waals surface area (Å²) >= 11 is 0. The number of hydrogen-bond acceptors (Lipinski definition) is 1. The van der Waals surface area contributed by atoms with Crippen molar-refractivity contribution in [2.75, 3.05) is 0 Å². The van der Waals surface area contributed by atoms with E-state index in [1.165, 1.54) is 50.5 Å². The molecule has 0 bridgehead atoms. The van der Waals surface area contributed by atoms with E-state index in [4.69, 9.17) is 0 Å². The van der Waals surface area contributed by atoms with Gasteiger partial charge in [0.05, 0.1) is 0 Å². The maximum Gasteiger partial charge on any atom is 0.136 e. The second-order valence-corrected chi connectivity index (χ2v) is 6.11. The fourth-order valence-corrected chi connectivity index (χ4v) is 2.56. The molecule has 0 aliphatic heterocycles. The normalized spacial score (nSPS) is 13.2. The van der Waals surface area contributed by atoms with Crippen molar-refractivity contribution in [2.24, 2.45) is 5.92 Å². The van der Waals surface area contributed by atoms with Gasteiger partial charge in [-0.05, 0) is 32.1 Å². The third-order valence-electron chi connectivity index (χ3n) is 3.84. The quantitative estimate of drug-likeness (QED) is 0.288. The standard InChI is InChI=1S/C19H34O/c1-5-11-17(3)13-8-7-9-14-18(4)15-10-16-19(20)12-6-2/h6,15,17H,2,5,7-14,16H2,1,3-4H3. The summed E-state index contributed by atoms with van der Waals surface area (Å²) in [6.45, 7) is 10.4. The summed E-state index contributed by atoms with van der Waals surface area (Å²) in [5.74, 6) is 1.20. The van der Waals surface area contributed by atoms with E-state index in [1.807, 2.05) is 0 Å². The van der Waals surface area contributed by atoms with Crippen molar-refractivity contribution >= 4 is 5.78 Å². The Morgan fingerprint density at radius 2 is 1.90 bits per heavy atom. The monoisotopic (exact) mass is 278 g/mol. The van der Waals surface area contributed by atoms with Gasteiger partial charge in [-0.25, -0.2) is 0 Å². The molecule has 20 heavy (non-hydrogen) atoms. The average Bonchev–Trinajstić information content (AvgIpc) is 2.39. The van der Waals surface area contributed by atoms with Crippen LogP contribution in [0, 0.1) is 5.92 Å². The zero-order valence-electron chi connectivity index (χ0n) is 13.9. The SMILES string of the molecule is C=CCC(=O)CCC=C(C)CCCCCC(C)CCC. The largest absolute Gasteiger partial charge is 0.299 e. The van der Waals surface area contributed by atoms with Gasteiger partial charge >= 0.3 is 0 Å². The number of unbranched alkanes of at least 4 members (excludes halogenated alkanes) is 2. The molecule has 0 aliphatic carbocycles. The summed E-state index contributed by atoms with van der Waals surface area (Å²) < 4.78 is 0. The summed E-state index contributed by atoms with van der Waals surface area (Å²) in [7, 11) is 0. The molecule has 0 rings (SSSR count). The molecule has 1 atom stereocenters. The highest BCUT2D eigenvalue weighted by atomic mass is 16.1. The smallest absolute Gasteiger partial charge is 0.136 e. The lowest BCUT2D eigenvalue weighted by Gasteiger charge is -2.09. The molecule has 0 radical (unpaired) electrons. The maximum absolute atomic E-state index is 11.3. The average molecular weight is 278 g/mol. The molecule has 0 aromatic rings. The zero-order valence-corrected chi connectivity index (χ0v) is 13.9. The first-order valence-electron chi connectivity index (χ1n) is 8.38. The molecule has 1 unspecified atom stereocenters. The van der Waals surface area contributed by atoms with Gasteiger partial charge in [0.15, 0.2) is 0 Å². The highest BCUT2D eigenvalue weighted by Gasteiger charge is 2.00. The van der Waals surface area contributed by atoms with E-state index in [0.29, 0.717) is 18.6 Å². The van der Waals surface area contributed by atoms with Crippen molar-refractivity contribution in [1.29, 1.82) is 0 Å². The molecule has 116 valence electrons. The van der Waals surface area contributed by atoms with Gasteiger partial charge in [0.2, 0.25) is 0 Å². The summed E-state index contributed by atoms with van der Waals surface area (Å²) in [6, 6.07) is 0. The number of allylic oxidation sites excluding steroid dienone is 3. The highest BCUT2D eigenvalue weighted by molar-refractivity contribution is 5.79. The van der Waals surface area contributed by atoms with Crippen LogP contribution < -0.4 is 0 Å². The van der Waals surface area contributed by atoms with Crippen LogP contribution in [0.25, 0.3) is 0 Å². The van der Waals surface area contributed by atoms with Crippen LogP contribution in [0.4, 0.5) is 0 Å². The molecule has 0 spiro atoms. The van der Waals surface area contributed by atoms with E-state index in [1.54, 1.807) is 6.08 Å². The minimum atomic E-state index is 0.300. The van der Waals surface area contributed by atoms with E-state index < -0.39 is 0 Å². The number of rotatable bonds is 13. The van der Waals surface area contributed by atoms with Crippen LogP contribution in [-0.4, -0.2) is 5.78 Å². The van der Waals surface area contributed by atoms with Gasteiger partial charge in [0.25, 0.3) is 0 Å². The molecule has 0 saturated carbocycles. The Morgan fingerprint density at radius 3 is 2.55 bits per heavy atom. The van der Waals surface area contributed by atoms with Gasteiger partial charge in [0, 0.05) is 12.8 Å². The van der Waals surface area contributed by atoms with Crippen LogP contribution in [0.1, 0.15) is 85.0 Å². The van der Waals surface area contributed by atoms with Gasteiger partial charge < -0.3 is 0 Å². The van der Waals surface area contributed by atoms with Crippen LogP contribution in [0.5, 0.6) is 0 Å². The predicted octanol–water partition coefficient (Wildman–Crippen LogP) is 6.24. The van der Waals surface area contributed by atoms with Crippen LogP contribution in [-0.2, 0) is 4.79 Å². The van der Waals surface area contributed by atoms with E-state index >= 15 is 0 Å². The van der Waals surface area contributed by atoms with Gasteiger partial charge in [-0.3, -0.25) is 4.79 Å². The molecule has 0 saturated heterocycles. The van der Waals surface area contributed by atoms with Crippen LogP contribution >= 0.6 is 0 Å². The molecular weight excluding hydrogens is 244 g/mol. The molecular formula is C19H34O. The fourth-order valence-electron chi connectivity index (χ4n) is 2.56. The van der Waals surface area contributed by atoms with Crippen molar-refractivity contribution in [1.82, 2.24) is 0 Å². The van der Waals surface area contributed by atoms with Crippen molar-refractivity contribution in [3.8, 4) is 0 Å². The van der Waals surface area contributed by atoms with Gasteiger partial charge in [-0.1, -0.05) is 63.7 Å². The Balaban J connectivity index is 3.54. The lowest BCUT2D eigenvalue weighted by atomic mass is 9.97. The van der Waals surface area contributed by atoms with Crippen molar-refractivity contribution in [3.63, 3.8) is 0 Å². The molecule has 0 amide bonds. The third-order valence-corrected chi connectivity index (χ3v) is 3.84. The molecule has 0 aliphatic rings. The molecule has 0 fully saturated rings. The predicted molar refractivity (Wildman–Crippen MR) is 90.0 cm³/mol. The number of carbonyl (C=O) groups excluding carboxylic acids is 1. The molecule has 0 N–H and O–H groups in total. The van der Waals surface area contributed by atoms with Gasteiger partial charge in [-0.2, -0.15) is 0 Å². The lowest BCUT2D eigenvalue weighted by molar-refractivity contribution is -0.118. The highest BCUT2D eigenvalue weighted by Crippen LogP contribution is 2.16. The third kappa shape index (κ3) is 12.2. The summed E-state index contributed by atoms with van der Waals surface area (Å²) in [5.41, 5.74) is 1.44. The topological polar surface area (TPSA) is 17.1 Å². The number of hydrogen-bond donors (Lipinski definition) is 0. The molecule has 0 heterocycles. The summed E-state index contributed by atoms with van der Waals surface area (Å²) in [5, 5.41) is 0. The Bertz CT molecular complexity index is 288. The van der Waals surface area contributed by atoms with Crippen LogP contribution in [0.2, 0.25) is 0 Å². The first-order chi connectivity index (χ1) is 9.60. The Hall–Kier alpha value is -0.850. The van der Waals surface area contributed by atoms with Gasteiger partial charge in [0.1, 0.15) is 5.78 Å². The first kappa shape index (κ1) is 19.1. The lowest BCUT2D eigenvalue weighted by Crippen LogP contribution is -1.94. The zero-order chi connectivity index (χ0) is 15.2. The van der Waals surface area contributed by atoms with E-state index in [2.05, 4.69) is 33.4 Å². The van der Waals surface area contributed by atoms with E-state index in [9.17, 15) is 4.79 Å². The molecule has 0 aromatic carbocycles. The second-order valence-electron chi connectivity index (χ2n) is 6.11. The van der Waals surface area contributed by atoms with Crippen LogP contribution in [0.15, 0.2) is 24.3 Å². The summed E-state index contributed by atoms with van der Waals surface area (Å²) in [6.07, 6.45) is 15.3. The fraction of sp³-hybridized carbons (Fsp3) is 0.737. The number of carbonyl (C=O) groups is 1. The number of ketones is 1. The Morgan fingerprint density at radius 1 is 1.15 bits per heavy atom. The second kappa shape index (κ2) is 13.1. The van der Waals surface area contributed by atoms with Gasteiger partial charge in [-0.15, -0.1) is 6.58 Å². The van der Waals surface area contributed by atoms with Crippen molar-refractivity contribution < 1.29 is 4.79 Å². The Kier molecular flexibility index (Phi) is 12.6. The minimum absolute atomic E-state index is 0.300. The van der Waals surface area contributed by atoms with E-state index in [-0.39, 0.29) is 0 Å². The maximum atomic E-state index is 11.3. The minimum Gasteiger partial charge on any atom is -0.299 e. The molecule has 1 nitrogen and oxygen atoms in total. The summed E-state index contributed by atoms with van der Waals surface area (Å²) in [4.78, 5) is 11.3. The Labute approximate surface area is 126 Å². The van der Waals surface area contributed by atoms with E-state index in [0.717, 1.165) is 12.3 Å².